The third kappa shape index (κ3) is 3.93. The van der Waals surface area contributed by atoms with Crippen molar-refractivity contribution in [2.75, 3.05) is 7.05 Å². The van der Waals surface area contributed by atoms with E-state index >= 15 is 0 Å². The van der Waals surface area contributed by atoms with Crippen molar-refractivity contribution in [2.24, 2.45) is 0 Å². The maximum absolute atomic E-state index is 4.37. The number of nitrogens with one attached hydrogen (secondary N) is 1. The van der Waals surface area contributed by atoms with Crippen molar-refractivity contribution in [3.63, 3.8) is 0 Å². The lowest BCUT2D eigenvalue weighted by Crippen LogP contribution is -2.30. The molecule has 1 unspecified atom stereocenters. The van der Waals surface area contributed by atoms with Crippen molar-refractivity contribution in [2.45, 2.75) is 18.9 Å². The van der Waals surface area contributed by atoms with Gasteiger partial charge in [0.1, 0.15) is 0 Å². The fraction of sp³-hybridized carbons (Fsp3) is 0.267. The number of hydrogen-bond acceptors (Lipinski definition) is 2. The number of pyridine rings is 1. The lowest BCUT2D eigenvalue weighted by Gasteiger charge is -2.15. The van der Waals surface area contributed by atoms with Crippen LogP contribution in [0.15, 0.2) is 53.1 Å². The summed E-state index contributed by atoms with van der Waals surface area (Å²) >= 11 is 3.46. The SMILES string of the molecule is CNC(Cc1ccc(Br)cc1)Cc1ccccn1. The monoisotopic (exact) mass is 304 g/mol. The first kappa shape index (κ1) is 13.2. The Bertz CT molecular complexity index is 468. The number of hydrogen-bond donors (Lipinski definition) is 1. The molecule has 1 heterocycles. The van der Waals surface area contributed by atoms with E-state index in [2.05, 4.69) is 56.6 Å². The summed E-state index contributed by atoms with van der Waals surface area (Å²) in [6.07, 6.45) is 3.81. The van der Waals surface area contributed by atoms with Crippen LogP contribution in [0.3, 0.4) is 0 Å². The number of nitrogens with zero attached hydrogens (tertiary/aromatic N) is 1. The van der Waals surface area contributed by atoms with Crippen LogP contribution in [0.4, 0.5) is 0 Å². The Labute approximate surface area is 117 Å². The van der Waals surface area contributed by atoms with Crippen LogP contribution >= 0.6 is 15.9 Å². The molecule has 0 radical (unpaired) electrons. The summed E-state index contributed by atoms with van der Waals surface area (Å²) in [6, 6.07) is 15.0. The molecule has 0 aliphatic carbocycles. The highest BCUT2D eigenvalue weighted by molar-refractivity contribution is 9.10. The summed E-state index contributed by atoms with van der Waals surface area (Å²) in [4.78, 5) is 4.37. The van der Waals surface area contributed by atoms with Crippen molar-refractivity contribution in [3.8, 4) is 0 Å². The van der Waals surface area contributed by atoms with Crippen molar-refractivity contribution in [3.05, 3.63) is 64.4 Å². The fourth-order valence-corrected chi connectivity index (χ4v) is 2.22. The van der Waals surface area contributed by atoms with Gasteiger partial charge in [-0.15, -0.1) is 0 Å². The molecule has 1 N–H and O–H groups in total. The molecular weight excluding hydrogens is 288 g/mol. The average Bonchev–Trinajstić information content (AvgIpc) is 2.41. The third-order valence-electron chi connectivity index (χ3n) is 2.99. The Morgan fingerprint density at radius 3 is 2.50 bits per heavy atom. The van der Waals surface area contributed by atoms with E-state index in [1.165, 1.54) is 5.56 Å². The standard InChI is InChI=1S/C15H17BrN2/c1-17-15(11-14-4-2-3-9-18-14)10-12-5-7-13(16)8-6-12/h2-9,15,17H,10-11H2,1H3. The van der Waals surface area contributed by atoms with Crippen LogP contribution in [-0.4, -0.2) is 18.1 Å². The molecule has 3 heteroatoms. The second-order valence-corrected chi connectivity index (χ2v) is 5.26. The molecule has 0 fully saturated rings. The zero-order chi connectivity index (χ0) is 12.8. The Morgan fingerprint density at radius 1 is 1.11 bits per heavy atom. The lowest BCUT2D eigenvalue weighted by molar-refractivity contribution is 0.550. The minimum absolute atomic E-state index is 0.418. The van der Waals surface area contributed by atoms with Crippen LogP contribution in [0, 0.1) is 0 Å². The second kappa shape index (κ2) is 6.66. The van der Waals surface area contributed by atoms with Crippen LogP contribution in [0.2, 0.25) is 0 Å². The van der Waals surface area contributed by atoms with E-state index in [-0.39, 0.29) is 0 Å². The van der Waals surface area contributed by atoms with E-state index in [0.717, 1.165) is 23.0 Å². The number of likely N-dealkylation sites (N-methyl/N-ethyl adjacent to an activating group) is 1. The van der Waals surface area contributed by atoms with Crippen LogP contribution in [0.25, 0.3) is 0 Å². The first-order valence-electron chi connectivity index (χ1n) is 6.09. The number of halogens is 1. The predicted molar refractivity (Wildman–Crippen MR) is 78.6 cm³/mol. The number of aromatic nitrogens is 1. The van der Waals surface area contributed by atoms with Gasteiger partial charge in [-0.1, -0.05) is 34.1 Å². The van der Waals surface area contributed by atoms with Gasteiger partial charge in [0.15, 0.2) is 0 Å². The predicted octanol–water partition coefficient (Wildman–Crippen LogP) is 3.22. The van der Waals surface area contributed by atoms with E-state index < -0.39 is 0 Å². The van der Waals surface area contributed by atoms with Crippen molar-refractivity contribution in [1.29, 1.82) is 0 Å². The van der Waals surface area contributed by atoms with Gasteiger partial charge in [0.2, 0.25) is 0 Å². The Hall–Kier alpha value is -1.19. The van der Waals surface area contributed by atoms with Gasteiger partial charge in [-0.25, -0.2) is 0 Å². The van der Waals surface area contributed by atoms with Crippen LogP contribution in [-0.2, 0) is 12.8 Å². The molecule has 0 aliphatic heterocycles. The van der Waals surface area contributed by atoms with Gasteiger partial charge >= 0.3 is 0 Å². The van der Waals surface area contributed by atoms with E-state index in [4.69, 9.17) is 0 Å². The lowest BCUT2D eigenvalue weighted by atomic mass is 10.0. The fourth-order valence-electron chi connectivity index (χ4n) is 1.95. The molecule has 1 aromatic heterocycles. The van der Waals surface area contributed by atoms with E-state index in [0.29, 0.717) is 6.04 Å². The van der Waals surface area contributed by atoms with Gasteiger partial charge in [-0.05, 0) is 43.3 Å². The van der Waals surface area contributed by atoms with Gasteiger partial charge in [-0.3, -0.25) is 4.98 Å². The highest BCUT2D eigenvalue weighted by Gasteiger charge is 2.08. The third-order valence-corrected chi connectivity index (χ3v) is 3.51. The van der Waals surface area contributed by atoms with Gasteiger partial charge in [-0.2, -0.15) is 0 Å². The molecule has 1 aromatic carbocycles. The van der Waals surface area contributed by atoms with Crippen molar-refractivity contribution < 1.29 is 0 Å². The number of rotatable bonds is 5. The Balaban J connectivity index is 1.99. The van der Waals surface area contributed by atoms with Gasteiger partial charge in [0, 0.05) is 28.8 Å². The Morgan fingerprint density at radius 2 is 1.89 bits per heavy atom. The molecule has 0 amide bonds. The second-order valence-electron chi connectivity index (χ2n) is 4.34. The van der Waals surface area contributed by atoms with Crippen LogP contribution in [0.1, 0.15) is 11.3 Å². The number of benzene rings is 1. The smallest absolute Gasteiger partial charge is 0.0419 e. The molecule has 2 nitrogen and oxygen atoms in total. The van der Waals surface area contributed by atoms with Crippen LogP contribution < -0.4 is 5.32 Å². The molecule has 18 heavy (non-hydrogen) atoms. The zero-order valence-corrected chi connectivity index (χ0v) is 12.0. The highest BCUT2D eigenvalue weighted by Crippen LogP contribution is 2.13. The molecule has 1 atom stereocenters. The molecule has 0 saturated carbocycles. The maximum atomic E-state index is 4.37. The van der Waals surface area contributed by atoms with Gasteiger partial charge in [0.25, 0.3) is 0 Å². The summed E-state index contributed by atoms with van der Waals surface area (Å²) in [7, 11) is 2.01. The minimum Gasteiger partial charge on any atom is -0.316 e. The largest absolute Gasteiger partial charge is 0.316 e. The van der Waals surface area contributed by atoms with Crippen molar-refractivity contribution >= 4 is 15.9 Å². The van der Waals surface area contributed by atoms with E-state index in [1.807, 2.05) is 25.4 Å². The summed E-state index contributed by atoms with van der Waals surface area (Å²) in [5.41, 5.74) is 2.47. The van der Waals surface area contributed by atoms with Crippen LogP contribution in [0.5, 0.6) is 0 Å². The molecule has 94 valence electrons. The van der Waals surface area contributed by atoms with E-state index in [1.54, 1.807) is 0 Å². The topological polar surface area (TPSA) is 24.9 Å². The first-order chi connectivity index (χ1) is 8.78. The maximum Gasteiger partial charge on any atom is 0.0419 e. The summed E-state index contributed by atoms with van der Waals surface area (Å²) in [5, 5.41) is 3.36. The normalized spacial score (nSPS) is 12.3. The minimum atomic E-state index is 0.418. The quantitative estimate of drug-likeness (QED) is 0.917. The Kier molecular flexibility index (Phi) is 4.90. The van der Waals surface area contributed by atoms with Gasteiger partial charge < -0.3 is 5.32 Å². The molecule has 2 rings (SSSR count). The first-order valence-corrected chi connectivity index (χ1v) is 6.89. The zero-order valence-electron chi connectivity index (χ0n) is 10.4. The molecule has 0 bridgehead atoms. The summed E-state index contributed by atoms with van der Waals surface area (Å²) in [6.45, 7) is 0. The molecule has 0 saturated heterocycles. The van der Waals surface area contributed by atoms with E-state index in [9.17, 15) is 0 Å². The highest BCUT2D eigenvalue weighted by atomic mass is 79.9. The molecule has 0 aliphatic rings. The summed E-state index contributed by atoms with van der Waals surface area (Å²) < 4.78 is 1.12. The molecular formula is C15H17BrN2. The van der Waals surface area contributed by atoms with Gasteiger partial charge in [0.05, 0.1) is 0 Å². The molecule has 0 spiro atoms. The van der Waals surface area contributed by atoms with Crippen molar-refractivity contribution in [1.82, 2.24) is 10.3 Å². The summed E-state index contributed by atoms with van der Waals surface area (Å²) in [5.74, 6) is 0. The average molecular weight is 305 g/mol. The molecule has 2 aromatic rings.